The van der Waals surface area contributed by atoms with Crippen molar-refractivity contribution in [1.82, 2.24) is 0 Å². The predicted molar refractivity (Wildman–Crippen MR) is 17.2 cm³/mol. The van der Waals surface area contributed by atoms with E-state index in [2.05, 4.69) is 5.73 Å². The zero-order valence-corrected chi connectivity index (χ0v) is 5.50. The SMILES string of the molecule is N=[C-]N.[NH2-].[W+2]. The summed E-state index contributed by atoms with van der Waals surface area (Å²) in [5, 5.41) is 5.74. The second-order valence-electron chi connectivity index (χ2n) is 0.144. The van der Waals surface area contributed by atoms with Crippen LogP contribution >= 0.6 is 0 Å². The first-order valence-corrected chi connectivity index (χ1v) is 0.539. The third-order valence-electron chi connectivity index (χ3n) is 0. The Bertz CT molecular complexity index is 14.4. The van der Waals surface area contributed by atoms with Crippen LogP contribution in [0.1, 0.15) is 0 Å². The summed E-state index contributed by atoms with van der Waals surface area (Å²) in [5.74, 6) is 0. The van der Waals surface area contributed by atoms with Crippen LogP contribution in [-0.2, 0) is 21.1 Å². The molecule has 0 saturated heterocycles. The van der Waals surface area contributed by atoms with Crippen molar-refractivity contribution < 1.29 is 21.1 Å². The average molecular weight is 243 g/mol. The Kier molecular flexibility index (Phi) is 124. The largest absolute Gasteiger partial charge is 2.00 e. The Morgan fingerprint density at radius 3 is 1.60 bits per heavy atom. The molecule has 0 radical (unpaired) electrons. The molecule has 0 aromatic carbocycles. The molecule has 30 valence electrons. The molecule has 3 nitrogen and oxygen atoms in total. The second kappa shape index (κ2) is 32.0. The molecule has 0 rings (SSSR count). The van der Waals surface area contributed by atoms with Crippen LogP contribution in [0.4, 0.5) is 0 Å². The molecule has 0 saturated carbocycles. The van der Waals surface area contributed by atoms with Gasteiger partial charge in [0.25, 0.3) is 0 Å². The maximum absolute atomic E-state index is 5.74. The van der Waals surface area contributed by atoms with Gasteiger partial charge in [0.05, 0.1) is 0 Å². The van der Waals surface area contributed by atoms with Crippen molar-refractivity contribution >= 4 is 6.34 Å². The second-order valence-corrected chi connectivity index (χ2v) is 0.144. The average Bonchev–Trinajstić information content (AvgIpc) is 0.918. The fourth-order valence-corrected chi connectivity index (χ4v) is 0. The number of nitrogens with two attached hydrogens (primary N) is 2. The Morgan fingerprint density at radius 1 is 1.60 bits per heavy atom. The minimum atomic E-state index is 0. The molecule has 0 atom stereocenters. The molecule has 4 heteroatoms. The van der Waals surface area contributed by atoms with E-state index in [9.17, 15) is 0 Å². The van der Waals surface area contributed by atoms with Gasteiger partial charge in [0, 0.05) is 0 Å². The van der Waals surface area contributed by atoms with Gasteiger partial charge in [0.2, 0.25) is 0 Å². The van der Waals surface area contributed by atoms with Crippen LogP contribution in [0.2, 0.25) is 0 Å². The van der Waals surface area contributed by atoms with E-state index in [0.29, 0.717) is 0 Å². The molecule has 0 aromatic rings. The third-order valence-corrected chi connectivity index (χ3v) is 0. The Hall–Kier alpha value is 0.118. The van der Waals surface area contributed by atoms with E-state index < -0.39 is 0 Å². The van der Waals surface area contributed by atoms with Crippen LogP contribution in [0, 0.1) is 5.41 Å². The standard InChI is InChI=1S/CH3N2.H2N.W/c2-1-3;;/h(H3,2,3);1H2;/q2*-1;+2. The van der Waals surface area contributed by atoms with Gasteiger partial charge in [0.1, 0.15) is 0 Å². The molecule has 0 aliphatic heterocycles. The van der Waals surface area contributed by atoms with Crippen molar-refractivity contribution in [2.24, 2.45) is 5.73 Å². The fraction of sp³-hybridized carbons (Fsp3) is 0. The molecular weight excluding hydrogens is 238 g/mol. The topological polar surface area (TPSA) is 83.4 Å². The van der Waals surface area contributed by atoms with Crippen molar-refractivity contribution in [1.29, 1.82) is 5.41 Å². The van der Waals surface area contributed by atoms with Crippen LogP contribution in [0.25, 0.3) is 6.15 Å². The summed E-state index contributed by atoms with van der Waals surface area (Å²) in [5.41, 5.74) is 4.26. The quantitative estimate of drug-likeness (QED) is 0.270. The summed E-state index contributed by atoms with van der Waals surface area (Å²) in [7, 11) is 0. The molecule has 0 amide bonds. The summed E-state index contributed by atoms with van der Waals surface area (Å²) >= 11 is 0. The number of hydrogen-bond donors (Lipinski definition) is 2. The van der Waals surface area contributed by atoms with Crippen molar-refractivity contribution in [2.45, 2.75) is 0 Å². The van der Waals surface area contributed by atoms with Gasteiger partial charge >= 0.3 is 21.1 Å². The molecule has 0 aromatic heterocycles. The van der Waals surface area contributed by atoms with Crippen LogP contribution < -0.4 is 5.73 Å². The van der Waals surface area contributed by atoms with E-state index >= 15 is 0 Å². The van der Waals surface area contributed by atoms with Gasteiger partial charge in [0.15, 0.2) is 0 Å². The summed E-state index contributed by atoms with van der Waals surface area (Å²) in [6.45, 7) is 0. The molecule has 0 bridgehead atoms. The first-order chi connectivity index (χ1) is 1.41. The molecular formula is CH5N3W. The molecule has 5 N–H and O–H groups in total. The molecule has 0 spiro atoms. The van der Waals surface area contributed by atoms with E-state index in [0.717, 1.165) is 0 Å². The predicted octanol–water partition coefficient (Wildman–Crippen LogP) is 0.144. The van der Waals surface area contributed by atoms with Gasteiger partial charge in [-0.15, -0.1) is 0 Å². The normalized spacial score (nSPS) is 2.40. The molecule has 5 heavy (non-hydrogen) atoms. The van der Waals surface area contributed by atoms with Crippen LogP contribution in [0.3, 0.4) is 0 Å². The van der Waals surface area contributed by atoms with Gasteiger partial charge < -0.3 is 23.6 Å². The van der Waals surface area contributed by atoms with Crippen molar-refractivity contribution in [3.63, 3.8) is 0 Å². The smallest absolute Gasteiger partial charge is 0.693 e. The van der Waals surface area contributed by atoms with Crippen molar-refractivity contribution in [3.05, 3.63) is 6.15 Å². The summed E-state index contributed by atoms with van der Waals surface area (Å²) in [4.78, 5) is 0. The number of hydrogen-bond acceptors (Lipinski definition) is 1. The van der Waals surface area contributed by atoms with Gasteiger partial charge in [-0.25, -0.2) is 0 Å². The Labute approximate surface area is 45.3 Å². The van der Waals surface area contributed by atoms with Gasteiger partial charge in [-0.05, 0) is 0 Å². The minimum absolute atomic E-state index is 0. The van der Waals surface area contributed by atoms with Gasteiger partial charge in [-0.1, -0.05) is 0 Å². The van der Waals surface area contributed by atoms with Crippen LogP contribution in [0.15, 0.2) is 0 Å². The summed E-state index contributed by atoms with van der Waals surface area (Å²) in [6, 6.07) is 0. The van der Waals surface area contributed by atoms with E-state index in [4.69, 9.17) is 5.41 Å². The molecule has 0 unspecified atom stereocenters. The van der Waals surface area contributed by atoms with Gasteiger partial charge in [-0.2, -0.15) is 0 Å². The molecule has 0 aliphatic rings. The number of nitrogens with one attached hydrogen (secondary N) is 1. The number of rotatable bonds is 0. The Balaban J connectivity index is -0.0000000200. The zero-order valence-electron chi connectivity index (χ0n) is 2.56. The molecule has 0 fully saturated rings. The van der Waals surface area contributed by atoms with Crippen LogP contribution in [-0.4, -0.2) is 6.34 Å². The first kappa shape index (κ1) is 19.3. The van der Waals surface area contributed by atoms with E-state index in [-0.39, 0.29) is 27.2 Å². The molecule has 0 heterocycles. The summed E-state index contributed by atoms with van der Waals surface area (Å²) in [6.07, 6.45) is 1.50. The van der Waals surface area contributed by atoms with Crippen molar-refractivity contribution in [2.75, 3.05) is 0 Å². The summed E-state index contributed by atoms with van der Waals surface area (Å²) < 4.78 is 0. The molecule has 0 aliphatic carbocycles. The maximum Gasteiger partial charge on any atom is 2.00 e. The zero-order chi connectivity index (χ0) is 2.71. The van der Waals surface area contributed by atoms with Crippen molar-refractivity contribution in [3.8, 4) is 0 Å². The first-order valence-electron chi connectivity index (χ1n) is 0.539. The van der Waals surface area contributed by atoms with Gasteiger partial charge in [-0.3, -0.25) is 0 Å². The minimum Gasteiger partial charge on any atom is -0.693 e. The Morgan fingerprint density at radius 2 is 1.60 bits per heavy atom. The van der Waals surface area contributed by atoms with E-state index in [1.807, 2.05) is 0 Å². The van der Waals surface area contributed by atoms with Crippen LogP contribution in [0.5, 0.6) is 0 Å². The third kappa shape index (κ3) is 1320. The van der Waals surface area contributed by atoms with E-state index in [1.165, 1.54) is 6.34 Å². The monoisotopic (exact) mass is 243 g/mol. The maximum atomic E-state index is 5.74. The fourth-order valence-electron chi connectivity index (χ4n) is 0. The van der Waals surface area contributed by atoms with E-state index in [1.54, 1.807) is 0 Å².